The molecule has 0 aromatic heterocycles. The van der Waals surface area contributed by atoms with Crippen LogP contribution in [0.15, 0.2) is 97.2 Å². The maximum atomic E-state index is 12.7. The van der Waals surface area contributed by atoms with E-state index in [1.165, 1.54) is 77.0 Å². The highest BCUT2D eigenvalue weighted by Gasteiger charge is 2.19. The summed E-state index contributed by atoms with van der Waals surface area (Å²) in [5, 5.41) is 0. The van der Waals surface area contributed by atoms with Gasteiger partial charge < -0.3 is 14.2 Å². The first-order valence-electron chi connectivity index (χ1n) is 24.3. The predicted molar refractivity (Wildman–Crippen MR) is 256 cm³/mol. The second kappa shape index (κ2) is 48.0. The second-order valence-electron chi connectivity index (χ2n) is 15.7. The van der Waals surface area contributed by atoms with E-state index in [0.717, 1.165) is 77.0 Å². The van der Waals surface area contributed by atoms with Gasteiger partial charge in [0, 0.05) is 19.3 Å². The minimum atomic E-state index is -0.821. The molecule has 0 aliphatic rings. The molecule has 0 heterocycles. The number of carbonyl (C=O) groups excluding carboxylic acids is 3. The van der Waals surface area contributed by atoms with Crippen molar-refractivity contribution in [3.05, 3.63) is 97.2 Å². The minimum Gasteiger partial charge on any atom is -0.462 e. The lowest BCUT2D eigenvalue weighted by atomic mass is 10.1. The molecule has 0 aromatic carbocycles. The van der Waals surface area contributed by atoms with Crippen LogP contribution in [0, 0.1) is 0 Å². The summed E-state index contributed by atoms with van der Waals surface area (Å²) in [5.74, 6) is -1.03. The molecule has 0 saturated carbocycles. The van der Waals surface area contributed by atoms with E-state index in [1.807, 2.05) is 36.5 Å². The molecule has 0 amide bonds. The van der Waals surface area contributed by atoms with Crippen molar-refractivity contribution in [1.82, 2.24) is 0 Å². The number of carbonyl (C=O) groups is 3. The van der Waals surface area contributed by atoms with E-state index in [1.54, 1.807) is 0 Å². The second-order valence-corrected chi connectivity index (χ2v) is 15.7. The summed E-state index contributed by atoms with van der Waals surface area (Å²) in [7, 11) is 0. The Labute approximate surface area is 368 Å². The molecule has 0 fully saturated rings. The fourth-order valence-corrected chi connectivity index (χ4v) is 6.23. The van der Waals surface area contributed by atoms with Gasteiger partial charge in [-0.25, -0.2) is 0 Å². The molecule has 60 heavy (non-hydrogen) atoms. The molecule has 0 N–H and O–H groups in total. The molecule has 0 aromatic rings. The van der Waals surface area contributed by atoms with Crippen LogP contribution in [0.25, 0.3) is 0 Å². The van der Waals surface area contributed by atoms with Crippen molar-refractivity contribution in [2.75, 3.05) is 13.2 Å². The molecule has 340 valence electrons. The van der Waals surface area contributed by atoms with Gasteiger partial charge in [0.15, 0.2) is 6.10 Å². The standard InChI is InChI=1S/C54H88O6/c1-4-7-10-13-16-19-22-25-26-27-28-30-32-35-38-41-44-47-53(56)59-50-51(49-58-52(55)46-43-40-37-34-31-24-21-18-15-12-9-6-3)60-54(57)48-45-42-39-36-33-29-23-20-17-14-11-8-5-2/h8,11,14,17-18,20-21,23,25-26,28-30,33,35,38,51H,4-7,9-10,12-13,15-16,19,22,24,27,31-32,34,36-37,39-50H2,1-3H3/b11-8-,17-14-,21-18-,23-20-,26-25-,30-28-,33-29-,38-35-. The number of ether oxygens (including phenoxy) is 3. The number of rotatable bonds is 42. The third kappa shape index (κ3) is 45.4. The Balaban J connectivity index is 4.54. The van der Waals surface area contributed by atoms with Gasteiger partial charge in [-0.2, -0.15) is 0 Å². The van der Waals surface area contributed by atoms with Gasteiger partial charge in [-0.1, -0.05) is 189 Å². The summed E-state index contributed by atoms with van der Waals surface area (Å²) in [6.07, 6.45) is 62.5. The molecule has 0 bridgehead atoms. The Morgan fingerprint density at radius 1 is 0.367 bits per heavy atom. The molecule has 0 spiro atoms. The van der Waals surface area contributed by atoms with E-state index in [-0.39, 0.29) is 44.0 Å². The molecule has 0 rings (SSSR count). The molecule has 6 nitrogen and oxygen atoms in total. The first-order valence-corrected chi connectivity index (χ1v) is 24.3. The largest absolute Gasteiger partial charge is 0.462 e. The van der Waals surface area contributed by atoms with Gasteiger partial charge >= 0.3 is 17.9 Å². The van der Waals surface area contributed by atoms with Gasteiger partial charge in [0.1, 0.15) is 13.2 Å². The smallest absolute Gasteiger partial charge is 0.306 e. The van der Waals surface area contributed by atoms with E-state index in [0.29, 0.717) is 19.3 Å². The average Bonchev–Trinajstić information content (AvgIpc) is 3.24. The highest BCUT2D eigenvalue weighted by atomic mass is 16.6. The molecule has 0 radical (unpaired) electrons. The summed E-state index contributed by atoms with van der Waals surface area (Å²) in [6.45, 7) is 6.36. The Hall–Kier alpha value is -3.67. The Morgan fingerprint density at radius 3 is 1.30 bits per heavy atom. The number of unbranched alkanes of at least 4 members (excludes halogenated alkanes) is 18. The van der Waals surface area contributed by atoms with Crippen molar-refractivity contribution in [2.45, 2.75) is 213 Å². The van der Waals surface area contributed by atoms with Crippen LogP contribution >= 0.6 is 0 Å². The first-order chi connectivity index (χ1) is 29.5. The van der Waals surface area contributed by atoms with E-state index in [4.69, 9.17) is 14.2 Å². The van der Waals surface area contributed by atoms with E-state index < -0.39 is 6.10 Å². The zero-order valence-electron chi connectivity index (χ0n) is 38.7. The zero-order chi connectivity index (χ0) is 43.7. The molecule has 1 atom stereocenters. The molecule has 6 heteroatoms. The van der Waals surface area contributed by atoms with Gasteiger partial charge in [-0.15, -0.1) is 0 Å². The Morgan fingerprint density at radius 2 is 0.733 bits per heavy atom. The third-order valence-electron chi connectivity index (χ3n) is 9.89. The van der Waals surface area contributed by atoms with Gasteiger partial charge in [0.2, 0.25) is 0 Å². The fraction of sp³-hybridized carbons (Fsp3) is 0.648. The highest BCUT2D eigenvalue weighted by molar-refractivity contribution is 5.71. The normalized spacial score (nSPS) is 12.9. The quantitative estimate of drug-likeness (QED) is 0.0200. The lowest BCUT2D eigenvalue weighted by molar-refractivity contribution is -0.167. The summed E-state index contributed by atoms with van der Waals surface area (Å²) in [6, 6.07) is 0. The van der Waals surface area contributed by atoms with Crippen molar-refractivity contribution in [1.29, 1.82) is 0 Å². The van der Waals surface area contributed by atoms with Crippen LogP contribution in [0.3, 0.4) is 0 Å². The molecule has 1 unspecified atom stereocenters. The Kier molecular flexibility index (Phi) is 45.1. The number of esters is 3. The lowest BCUT2D eigenvalue weighted by Crippen LogP contribution is -2.30. The number of hydrogen-bond donors (Lipinski definition) is 0. The molecular formula is C54H88O6. The van der Waals surface area contributed by atoms with Crippen LogP contribution in [0.2, 0.25) is 0 Å². The van der Waals surface area contributed by atoms with E-state index >= 15 is 0 Å². The molecular weight excluding hydrogens is 745 g/mol. The van der Waals surface area contributed by atoms with E-state index in [9.17, 15) is 14.4 Å². The van der Waals surface area contributed by atoms with Gasteiger partial charge in [0.25, 0.3) is 0 Å². The molecule has 0 aliphatic carbocycles. The van der Waals surface area contributed by atoms with Gasteiger partial charge in [-0.05, 0) is 96.3 Å². The fourth-order valence-electron chi connectivity index (χ4n) is 6.23. The van der Waals surface area contributed by atoms with Crippen LogP contribution in [-0.4, -0.2) is 37.2 Å². The van der Waals surface area contributed by atoms with Gasteiger partial charge in [-0.3, -0.25) is 14.4 Å². The lowest BCUT2D eigenvalue weighted by Gasteiger charge is -2.18. The predicted octanol–water partition coefficient (Wildman–Crippen LogP) is 15.8. The monoisotopic (exact) mass is 833 g/mol. The van der Waals surface area contributed by atoms with Crippen molar-refractivity contribution in [3.8, 4) is 0 Å². The summed E-state index contributed by atoms with van der Waals surface area (Å²) in [5.41, 5.74) is 0. The maximum Gasteiger partial charge on any atom is 0.306 e. The summed E-state index contributed by atoms with van der Waals surface area (Å²) < 4.78 is 16.7. The van der Waals surface area contributed by atoms with Crippen molar-refractivity contribution >= 4 is 17.9 Å². The van der Waals surface area contributed by atoms with Crippen molar-refractivity contribution in [3.63, 3.8) is 0 Å². The zero-order valence-corrected chi connectivity index (χ0v) is 38.7. The van der Waals surface area contributed by atoms with Crippen LogP contribution in [0.4, 0.5) is 0 Å². The molecule has 0 aliphatic heterocycles. The van der Waals surface area contributed by atoms with Crippen molar-refractivity contribution in [2.24, 2.45) is 0 Å². The first kappa shape index (κ1) is 56.3. The SMILES string of the molecule is CC\C=C/C=C\C=C/C=C\CCCCCC(=O)OC(COC(=O)CCC/C=C\C/C=C\C/C=C\CCCCCCCC)COC(=O)CCCCCCC/C=C\CCCCC. The summed E-state index contributed by atoms with van der Waals surface area (Å²) >= 11 is 0. The number of allylic oxidation sites excluding steroid dienone is 16. The topological polar surface area (TPSA) is 78.9 Å². The van der Waals surface area contributed by atoms with Crippen molar-refractivity contribution < 1.29 is 28.6 Å². The third-order valence-corrected chi connectivity index (χ3v) is 9.89. The average molecular weight is 833 g/mol. The maximum absolute atomic E-state index is 12.7. The summed E-state index contributed by atoms with van der Waals surface area (Å²) in [4.78, 5) is 37.8. The van der Waals surface area contributed by atoms with Crippen LogP contribution in [-0.2, 0) is 28.6 Å². The van der Waals surface area contributed by atoms with Crippen LogP contribution in [0.1, 0.15) is 207 Å². The van der Waals surface area contributed by atoms with Crippen LogP contribution < -0.4 is 0 Å². The highest BCUT2D eigenvalue weighted by Crippen LogP contribution is 2.12. The minimum absolute atomic E-state index is 0.115. The van der Waals surface area contributed by atoms with Crippen LogP contribution in [0.5, 0.6) is 0 Å². The van der Waals surface area contributed by atoms with E-state index in [2.05, 4.69) is 81.5 Å². The van der Waals surface area contributed by atoms with Gasteiger partial charge in [0.05, 0.1) is 0 Å². The Bertz CT molecular complexity index is 1230. The molecule has 0 saturated heterocycles. The number of hydrogen-bond acceptors (Lipinski definition) is 6.